The van der Waals surface area contributed by atoms with Gasteiger partial charge in [-0.05, 0) is 42.5 Å². The average molecular weight is 432 g/mol. The number of amides is 2. The van der Waals surface area contributed by atoms with Crippen LogP contribution in [0.1, 0.15) is 58.4 Å². The highest BCUT2D eigenvalue weighted by Gasteiger charge is 2.41. The van der Waals surface area contributed by atoms with Crippen LogP contribution in [-0.2, 0) is 11.0 Å². The van der Waals surface area contributed by atoms with Gasteiger partial charge in [-0.3, -0.25) is 5.01 Å². The van der Waals surface area contributed by atoms with Crippen molar-refractivity contribution in [2.45, 2.75) is 83.7 Å². The summed E-state index contributed by atoms with van der Waals surface area (Å²) in [6.45, 7) is 14.3. The van der Waals surface area contributed by atoms with Gasteiger partial charge < -0.3 is 9.74 Å². The maximum Gasteiger partial charge on any atom is 0.332 e. The molecular weight excluding hydrogens is 390 g/mol. The predicted molar refractivity (Wildman–Crippen MR) is 126 cm³/mol. The highest BCUT2D eigenvalue weighted by molar-refractivity contribution is 6.74. The molecule has 1 aromatic rings. The molecule has 1 aliphatic heterocycles. The van der Waals surface area contributed by atoms with E-state index in [1.807, 2.05) is 23.2 Å². The zero-order valence-corrected chi connectivity index (χ0v) is 20.6. The largest absolute Gasteiger partial charge is 0.411 e. The van der Waals surface area contributed by atoms with Crippen molar-refractivity contribution in [1.29, 1.82) is 0 Å². The summed E-state index contributed by atoms with van der Waals surface area (Å²) in [5.74, 6) is 0.663. The second-order valence-corrected chi connectivity index (χ2v) is 15.4. The summed E-state index contributed by atoms with van der Waals surface area (Å²) in [6, 6.07) is 10.3. The van der Waals surface area contributed by atoms with Crippen molar-refractivity contribution < 1.29 is 9.22 Å². The Kier molecular flexibility index (Phi) is 7.64. The molecule has 1 aromatic carbocycles. The first-order valence-electron chi connectivity index (χ1n) is 11.7. The third-order valence-electron chi connectivity index (χ3n) is 7.11. The smallest absolute Gasteiger partial charge is 0.332 e. The number of rotatable bonds is 6. The lowest BCUT2D eigenvalue weighted by atomic mass is 9.89. The van der Waals surface area contributed by atoms with E-state index >= 15 is 0 Å². The van der Waals surface area contributed by atoms with Gasteiger partial charge in [0.1, 0.15) is 0 Å². The Morgan fingerprint density at radius 3 is 2.40 bits per heavy atom. The number of carbonyl (C=O) groups is 1. The van der Waals surface area contributed by atoms with Gasteiger partial charge in [-0.15, -0.1) is 0 Å². The van der Waals surface area contributed by atoms with Crippen molar-refractivity contribution in [1.82, 2.24) is 15.3 Å². The SMILES string of the molecule is CC(C)(C)[Si](C)(C)O[C@H]1CNC(=O)N(Cc2ccccc2)N(CC2CCCCC2)C1. The Labute approximate surface area is 184 Å². The maximum absolute atomic E-state index is 13.1. The summed E-state index contributed by atoms with van der Waals surface area (Å²) in [7, 11) is -1.91. The first-order chi connectivity index (χ1) is 14.2. The van der Waals surface area contributed by atoms with Gasteiger partial charge in [0.25, 0.3) is 0 Å². The van der Waals surface area contributed by atoms with Crippen LogP contribution in [0.15, 0.2) is 30.3 Å². The minimum atomic E-state index is -1.91. The Hall–Kier alpha value is -1.37. The van der Waals surface area contributed by atoms with Crippen LogP contribution in [-0.4, -0.2) is 50.1 Å². The number of hydrogen-bond acceptors (Lipinski definition) is 3. The van der Waals surface area contributed by atoms with Crippen LogP contribution < -0.4 is 5.32 Å². The van der Waals surface area contributed by atoms with Crippen LogP contribution in [0.25, 0.3) is 0 Å². The number of benzene rings is 1. The number of nitrogens with zero attached hydrogens (tertiary/aromatic N) is 2. The molecule has 0 bridgehead atoms. The van der Waals surface area contributed by atoms with Gasteiger partial charge in [0.05, 0.1) is 12.6 Å². The normalized spacial score (nSPS) is 22.6. The lowest BCUT2D eigenvalue weighted by Gasteiger charge is -2.41. The summed E-state index contributed by atoms with van der Waals surface area (Å²) >= 11 is 0. The van der Waals surface area contributed by atoms with Crippen molar-refractivity contribution >= 4 is 14.3 Å². The summed E-state index contributed by atoms with van der Waals surface area (Å²) in [5, 5.41) is 7.53. The molecule has 0 radical (unpaired) electrons. The van der Waals surface area contributed by atoms with E-state index in [9.17, 15) is 4.79 Å². The Morgan fingerprint density at radius 2 is 1.77 bits per heavy atom. The first kappa shape index (κ1) is 23.3. The van der Waals surface area contributed by atoms with Gasteiger partial charge in [0, 0.05) is 19.6 Å². The Morgan fingerprint density at radius 1 is 1.10 bits per heavy atom. The van der Waals surface area contributed by atoms with Crippen molar-refractivity contribution in [3.63, 3.8) is 0 Å². The second-order valence-electron chi connectivity index (χ2n) is 10.6. The van der Waals surface area contributed by atoms with E-state index < -0.39 is 8.32 Å². The maximum atomic E-state index is 13.1. The zero-order chi connectivity index (χ0) is 21.8. The highest BCUT2D eigenvalue weighted by atomic mass is 28.4. The van der Waals surface area contributed by atoms with Gasteiger partial charge in [-0.25, -0.2) is 9.80 Å². The van der Waals surface area contributed by atoms with Crippen LogP contribution in [0.5, 0.6) is 0 Å². The van der Waals surface area contributed by atoms with Crippen molar-refractivity contribution in [2.75, 3.05) is 19.6 Å². The third-order valence-corrected chi connectivity index (χ3v) is 11.6. The van der Waals surface area contributed by atoms with Gasteiger partial charge >= 0.3 is 6.03 Å². The first-order valence-corrected chi connectivity index (χ1v) is 14.6. The monoisotopic (exact) mass is 431 g/mol. The summed E-state index contributed by atoms with van der Waals surface area (Å²) in [6.07, 6.45) is 6.54. The van der Waals surface area contributed by atoms with E-state index in [1.165, 1.54) is 32.1 Å². The molecule has 1 atom stereocenters. The van der Waals surface area contributed by atoms with Crippen LogP contribution in [0.2, 0.25) is 18.1 Å². The van der Waals surface area contributed by atoms with E-state index in [4.69, 9.17) is 4.43 Å². The summed E-state index contributed by atoms with van der Waals surface area (Å²) in [4.78, 5) is 13.1. The standard InChI is InChI=1S/C24H41N3O2Si/c1-24(2,3)30(4,5)29-22-16-25-23(28)27(18-21-14-10-7-11-15-21)26(19-22)17-20-12-8-6-9-13-20/h7,10-11,14-15,20,22H,6,8-9,12-13,16-19H2,1-5H3,(H,25,28)/t22-/m0/s1. The molecule has 5 nitrogen and oxygen atoms in total. The van der Waals surface area contributed by atoms with E-state index in [-0.39, 0.29) is 17.2 Å². The molecule has 1 N–H and O–H groups in total. The summed E-state index contributed by atoms with van der Waals surface area (Å²) < 4.78 is 6.75. The number of carbonyl (C=O) groups excluding carboxylic acids is 1. The van der Waals surface area contributed by atoms with Crippen LogP contribution >= 0.6 is 0 Å². The zero-order valence-electron chi connectivity index (χ0n) is 19.6. The minimum absolute atomic E-state index is 0.00371. The molecule has 2 amide bonds. The molecule has 2 fully saturated rings. The molecule has 6 heteroatoms. The Bertz CT molecular complexity index is 683. The fraction of sp³-hybridized carbons (Fsp3) is 0.708. The molecule has 1 aliphatic carbocycles. The lowest BCUT2D eigenvalue weighted by molar-refractivity contribution is -0.0231. The topological polar surface area (TPSA) is 44.8 Å². The number of nitrogens with one attached hydrogen (secondary N) is 1. The molecule has 0 unspecified atom stereocenters. The summed E-state index contributed by atoms with van der Waals surface area (Å²) in [5.41, 5.74) is 1.16. The molecule has 1 saturated carbocycles. The molecule has 2 aliphatic rings. The lowest BCUT2D eigenvalue weighted by Crippen LogP contribution is -2.51. The number of urea groups is 1. The van der Waals surface area contributed by atoms with Gasteiger partial charge in [-0.2, -0.15) is 0 Å². The minimum Gasteiger partial charge on any atom is -0.411 e. The quantitative estimate of drug-likeness (QED) is 0.613. The third kappa shape index (κ3) is 6.08. The molecule has 1 saturated heterocycles. The molecule has 1 heterocycles. The second kappa shape index (κ2) is 9.84. The van der Waals surface area contributed by atoms with Crippen LogP contribution in [0.3, 0.4) is 0 Å². The molecule has 30 heavy (non-hydrogen) atoms. The highest BCUT2D eigenvalue weighted by Crippen LogP contribution is 2.37. The molecule has 0 spiro atoms. The van der Waals surface area contributed by atoms with Gasteiger partial charge in [-0.1, -0.05) is 70.4 Å². The average Bonchev–Trinajstić information content (AvgIpc) is 2.82. The Balaban J connectivity index is 1.79. The van der Waals surface area contributed by atoms with Gasteiger partial charge in [0.15, 0.2) is 8.32 Å². The molecule has 0 aromatic heterocycles. The molecule has 3 rings (SSSR count). The fourth-order valence-corrected chi connectivity index (χ4v) is 5.61. The van der Waals surface area contributed by atoms with E-state index in [2.05, 4.69) is 56.3 Å². The van der Waals surface area contributed by atoms with Gasteiger partial charge in [0.2, 0.25) is 0 Å². The van der Waals surface area contributed by atoms with Crippen molar-refractivity contribution in [3.8, 4) is 0 Å². The predicted octanol–water partition coefficient (Wildman–Crippen LogP) is 5.40. The molecular formula is C24H41N3O2Si. The fourth-order valence-electron chi connectivity index (χ4n) is 4.26. The van der Waals surface area contributed by atoms with Crippen LogP contribution in [0, 0.1) is 5.92 Å². The van der Waals surface area contributed by atoms with Crippen molar-refractivity contribution in [3.05, 3.63) is 35.9 Å². The number of hydrazine groups is 1. The van der Waals surface area contributed by atoms with Crippen molar-refractivity contribution in [2.24, 2.45) is 5.92 Å². The van der Waals surface area contributed by atoms with E-state index in [0.29, 0.717) is 19.0 Å². The van der Waals surface area contributed by atoms with Crippen LogP contribution in [0.4, 0.5) is 4.79 Å². The molecule has 168 valence electrons. The van der Waals surface area contributed by atoms with E-state index in [1.54, 1.807) is 0 Å². The van der Waals surface area contributed by atoms with E-state index in [0.717, 1.165) is 18.7 Å². The number of hydrogen-bond donors (Lipinski definition) is 1.